The van der Waals surface area contributed by atoms with E-state index in [4.69, 9.17) is 0 Å². The molecule has 0 spiro atoms. The lowest BCUT2D eigenvalue weighted by Gasteiger charge is -2.03. The maximum atomic E-state index is 9.24. The molecule has 2 nitrogen and oxygen atoms in total. The number of aromatic nitrogens is 1. The van der Waals surface area contributed by atoms with Crippen molar-refractivity contribution >= 4 is 10.9 Å². The van der Waals surface area contributed by atoms with Crippen LogP contribution < -0.4 is 0 Å². The summed E-state index contributed by atoms with van der Waals surface area (Å²) in [5, 5.41) is 10.5. The van der Waals surface area contributed by atoms with Crippen LogP contribution in [0.15, 0.2) is 24.3 Å². The van der Waals surface area contributed by atoms with E-state index in [9.17, 15) is 5.26 Å². The molecule has 0 saturated heterocycles. The standard InChI is InChI=1S/C14H16N2/c1-10(2)8-12-11-6-4-5-7-13(11)16(3)14(12)9-15/h4-7,10H,8H2,1-3H3. The molecule has 2 rings (SSSR count). The lowest BCUT2D eigenvalue weighted by atomic mass is 10.0. The highest BCUT2D eigenvalue weighted by Gasteiger charge is 2.14. The molecule has 1 heterocycles. The van der Waals surface area contributed by atoms with Gasteiger partial charge in [-0.05, 0) is 24.0 Å². The summed E-state index contributed by atoms with van der Waals surface area (Å²) >= 11 is 0. The second-order valence-electron chi connectivity index (χ2n) is 4.61. The molecule has 2 aromatic rings. The Morgan fingerprint density at radius 3 is 2.62 bits per heavy atom. The van der Waals surface area contributed by atoms with Gasteiger partial charge < -0.3 is 4.57 Å². The minimum atomic E-state index is 0.568. The summed E-state index contributed by atoms with van der Waals surface area (Å²) in [5.41, 5.74) is 3.14. The summed E-state index contributed by atoms with van der Waals surface area (Å²) in [5.74, 6) is 0.568. The van der Waals surface area contributed by atoms with Gasteiger partial charge in [-0.25, -0.2) is 0 Å². The number of aryl methyl sites for hydroxylation is 1. The molecule has 1 aromatic carbocycles. The van der Waals surface area contributed by atoms with Gasteiger partial charge in [0.25, 0.3) is 0 Å². The average Bonchev–Trinajstić information content (AvgIpc) is 2.52. The van der Waals surface area contributed by atoms with Gasteiger partial charge in [-0.2, -0.15) is 5.26 Å². The lowest BCUT2D eigenvalue weighted by Crippen LogP contribution is -1.98. The van der Waals surface area contributed by atoms with E-state index >= 15 is 0 Å². The molecule has 16 heavy (non-hydrogen) atoms. The zero-order valence-corrected chi connectivity index (χ0v) is 9.99. The first-order valence-corrected chi connectivity index (χ1v) is 5.61. The summed E-state index contributed by atoms with van der Waals surface area (Å²) in [6, 6.07) is 10.5. The van der Waals surface area contributed by atoms with Crippen molar-refractivity contribution in [2.45, 2.75) is 20.3 Å². The van der Waals surface area contributed by atoms with Gasteiger partial charge in [-0.1, -0.05) is 32.0 Å². The van der Waals surface area contributed by atoms with E-state index in [-0.39, 0.29) is 0 Å². The molecule has 0 aliphatic carbocycles. The molecule has 0 saturated carbocycles. The Morgan fingerprint density at radius 2 is 2.00 bits per heavy atom. The summed E-state index contributed by atoms with van der Waals surface area (Å²) in [6.45, 7) is 4.37. The minimum absolute atomic E-state index is 0.568. The van der Waals surface area contributed by atoms with E-state index in [2.05, 4.69) is 32.0 Å². The van der Waals surface area contributed by atoms with Crippen molar-refractivity contribution in [3.8, 4) is 6.07 Å². The summed E-state index contributed by atoms with van der Waals surface area (Å²) < 4.78 is 1.99. The van der Waals surface area contributed by atoms with Crippen LogP contribution in [-0.4, -0.2) is 4.57 Å². The van der Waals surface area contributed by atoms with Crippen LogP contribution in [0.4, 0.5) is 0 Å². The van der Waals surface area contributed by atoms with Gasteiger partial charge in [0.05, 0.1) is 0 Å². The number of para-hydroxylation sites is 1. The van der Waals surface area contributed by atoms with E-state index in [1.54, 1.807) is 0 Å². The maximum absolute atomic E-state index is 9.24. The van der Waals surface area contributed by atoms with E-state index in [1.165, 1.54) is 10.9 Å². The van der Waals surface area contributed by atoms with Gasteiger partial charge in [0.1, 0.15) is 11.8 Å². The Balaban J connectivity index is 2.74. The molecule has 0 aliphatic rings. The smallest absolute Gasteiger partial charge is 0.124 e. The van der Waals surface area contributed by atoms with Crippen molar-refractivity contribution < 1.29 is 0 Å². The normalized spacial score (nSPS) is 10.9. The van der Waals surface area contributed by atoms with Gasteiger partial charge in [0, 0.05) is 18.0 Å². The van der Waals surface area contributed by atoms with Gasteiger partial charge in [0.2, 0.25) is 0 Å². The molecule has 0 amide bonds. The molecule has 0 N–H and O–H groups in total. The van der Waals surface area contributed by atoms with Gasteiger partial charge in [-0.3, -0.25) is 0 Å². The lowest BCUT2D eigenvalue weighted by molar-refractivity contribution is 0.647. The predicted molar refractivity (Wildman–Crippen MR) is 66.2 cm³/mol. The second kappa shape index (κ2) is 4.02. The Hall–Kier alpha value is -1.75. The molecule has 0 atom stereocenters. The number of hydrogen-bond acceptors (Lipinski definition) is 1. The Kier molecular flexibility index (Phi) is 2.70. The summed E-state index contributed by atoms with van der Waals surface area (Å²) in [6.07, 6.45) is 0.963. The highest BCUT2D eigenvalue weighted by Crippen LogP contribution is 2.26. The molecule has 1 aromatic heterocycles. The number of fused-ring (bicyclic) bond motifs is 1. The first kappa shape index (κ1) is 10.8. The van der Waals surface area contributed by atoms with Crippen molar-refractivity contribution in [3.63, 3.8) is 0 Å². The zero-order chi connectivity index (χ0) is 11.7. The first-order chi connectivity index (χ1) is 7.65. The molecule has 0 fully saturated rings. The van der Waals surface area contributed by atoms with Gasteiger partial charge in [-0.15, -0.1) is 0 Å². The predicted octanol–water partition coefficient (Wildman–Crippen LogP) is 3.25. The van der Waals surface area contributed by atoms with Gasteiger partial charge >= 0.3 is 0 Å². The third kappa shape index (κ3) is 1.59. The van der Waals surface area contributed by atoms with Crippen LogP contribution in [-0.2, 0) is 13.5 Å². The fourth-order valence-corrected chi connectivity index (χ4v) is 2.23. The molecule has 0 aliphatic heterocycles. The van der Waals surface area contributed by atoms with E-state index in [0.29, 0.717) is 5.92 Å². The van der Waals surface area contributed by atoms with Crippen LogP contribution in [0.25, 0.3) is 10.9 Å². The Labute approximate surface area is 96.1 Å². The van der Waals surface area contributed by atoms with Crippen LogP contribution in [0.5, 0.6) is 0 Å². The number of hydrogen-bond donors (Lipinski definition) is 0. The third-order valence-corrected chi connectivity index (χ3v) is 2.93. The first-order valence-electron chi connectivity index (χ1n) is 5.61. The summed E-state index contributed by atoms with van der Waals surface area (Å²) in [4.78, 5) is 0. The van der Waals surface area contributed by atoms with Crippen LogP contribution >= 0.6 is 0 Å². The molecule has 82 valence electrons. The van der Waals surface area contributed by atoms with E-state index in [1.807, 2.05) is 23.7 Å². The monoisotopic (exact) mass is 212 g/mol. The van der Waals surface area contributed by atoms with Crippen molar-refractivity contribution in [2.75, 3.05) is 0 Å². The van der Waals surface area contributed by atoms with E-state index in [0.717, 1.165) is 17.6 Å². The SMILES string of the molecule is CC(C)Cc1c(C#N)n(C)c2ccccc12. The van der Waals surface area contributed by atoms with Gasteiger partial charge in [0.15, 0.2) is 0 Å². The minimum Gasteiger partial charge on any atom is -0.335 e. The zero-order valence-electron chi connectivity index (χ0n) is 9.99. The number of benzene rings is 1. The maximum Gasteiger partial charge on any atom is 0.124 e. The molecule has 0 unspecified atom stereocenters. The topological polar surface area (TPSA) is 28.7 Å². The van der Waals surface area contributed by atoms with Crippen LogP contribution in [0, 0.1) is 17.2 Å². The van der Waals surface area contributed by atoms with Crippen LogP contribution in [0.3, 0.4) is 0 Å². The van der Waals surface area contributed by atoms with Crippen LogP contribution in [0.2, 0.25) is 0 Å². The van der Waals surface area contributed by atoms with Crippen molar-refractivity contribution in [1.82, 2.24) is 4.57 Å². The molecule has 0 radical (unpaired) electrons. The van der Waals surface area contributed by atoms with Crippen molar-refractivity contribution in [1.29, 1.82) is 5.26 Å². The molecule has 2 heteroatoms. The highest BCUT2D eigenvalue weighted by atomic mass is 14.9. The van der Waals surface area contributed by atoms with Crippen molar-refractivity contribution in [3.05, 3.63) is 35.5 Å². The highest BCUT2D eigenvalue weighted by molar-refractivity contribution is 5.86. The fraction of sp³-hybridized carbons (Fsp3) is 0.357. The Morgan fingerprint density at radius 1 is 1.31 bits per heavy atom. The third-order valence-electron chi connectivity index (χ3n) is 2.93. The number of rotatable bonds is 2. The van der Waals surface area contributed by atoms with Crippen LogP contribution in [0.1, 0.15) is 25.1 Å². The number of nitriles is 1. The average molecular weight is 212 g/mol. The molecular weight excluding hydrogens is 196 g/mol. The summed E-state index contributed by atoms with van der Waals surface area (Å²) in [7, 11) is 1.96. The largest absolute Gasteiger partial charge is 0.335 e. The molecular formula is C14H16N2. The Bertz CT molecular complexity index is 556. The quantitative estimate of drug-likeness (QED) is 0.751. The second-order valence-corrected chi connectivity index (χ2v) is 4.61. The fourth-order valence-electron chi connectivity index (χ4n) is 2.23. The molecule has 0 bridgehead atoms. The van der Waals surface area contributed by atoms with Crippen molar-refractivity contribution in [2.24, 2.45) is 13.0 Å². The van der Waals surface area contributed by atoms with E-state index < -0.39 is 0 Å². The number of nitrogens with zero attached hydrogens (tertiary/aromatic N) is 2.